The van der Waals surface area contributed by atoms with Crippen molar-refractivity contribution in [3.63, 3.8) is 0 Å². The third-order valence-corrected chi connectivity index (χ3v) is 10.7. The number of carbonyl (C=O) groups is 1. The van der Waals surface area contributed by atoms with Crippen LogP contribution in [0.5, 0.6) is 0 Å². The minimum Gasteiger partial charge on any atom is -0.466 e. The Bertz CT molecular complexity index is 776. The lowest BCUT2D eigenvalue weighted by Gasteiger charge is -2.53. The highest BCUT2D eigenvalue weighted by atomic mass is 16.5. The summed E-state index contributed by atoms with van der Waals surface area (Å²) >= 11 is 0. The van der Waals surface area contributed by atoms with Gasteiger partial charge in [-0.05, 0) is 96.5 Å². The van der Waals surface area contributed by atoms with Gasteiger partial charge in [-0.25, -0.2) is 0 Å². The predicted molar refractivity (Wildman–Crippen MR) is 133 cm³/mol. The Morgan fingerprint density at radius 3 is 2.56 bits per heavy atom. The van der Waals surface area contributed by atoms with Gasteiger partial charge in [-0.3, -0.25) is 4.79 Å². The van der Waals surface area contributed by atoms with Crippen LogP contribution in [0.2, 0.25) is 0 Å². The molecule has 0 bridgehead atoms. The number of allylic oxidation sites excluding steroid dienone is 4. The normalized spacial score (nSPS) is 37.0. The summed E-state index contributed by atoms with van der Waals surface area (Å²) in [5.74, 6) is 3.37. The zero-order chi connectivity index (χ0) is 23.1. The zero-order valence-corrected chi connectivity index (χ0v) is 21.8. The first kappa shape index (κ1) is 24.1. The monoisotopic (exact) mass is 440 g/mol. The van der Waals surface area contributed by atoms with Gasteiger partial charge < -0.3 is 4.74 Å². The van der Waals surface area contributed by atoms with Crippen LogP contribution in [0.15, 0.2) is 22.8 Å². The fraction of sp³-hybridized carbons (Fsp3) is 0.833. The lowest BCUT2D eigenvalue weighted by atomic mass is 9.52. The van der Waals surface area contributed by atoms with Crippen molar-refractivity contribution in [1.29, 1.82) is 0 Å². The van der Waals surface area contributed by atoms with Gasteiger partial charge in [0.2, 0.25) is 0 Å². The van der Waals surface area contributed by atoms with E-state index in [0.29, 0.717) is 29.3 Å². The molecule has 2 nitrogen and oxygen atoms in total. The topological polar surface area (TPSA) is 26.3 Å². The number of carbonyl (C=O) groups excluding carboxylic acids is 1. The molecule has 0 N–H and O–H groups in total. The Labute approximate surface area is 197 Å². The Balaban J connectivity index is 1.42. The van der Waals surface area contributed by atoms with Gasteiger partial charge in [0.1, 0.15) is 0 Å². The Hall–Kier alpha value is -1.05. The third-order valence-electron chi connectivity index (χ3n) is 10.7. The third kappa shape index (κ3) is 4.25. The van der Waals surface area contributed by atoms with Gasteiger partial charge in [0.25, 0.3) is 0 Å². The van der Waals surface area contributed by atoms with E-state index >= 15 is 0 Å². The Kier molecular flexibility index (Phi) is 7.00. The van der Waals surface area contributed by atoms with Crippen molar-refractivity contribution in [2.75, 3.05) is 6.61 Å². The van der Waals surface area contributed by atoms with Crippen molar-refractivity contribution < 1.29 is 9.53 Å². The molecule has 4 aliphatic carbocycles. The number of esters is 1. The van der Waals surface area contributed by atoms with E-state index in [1.807, 2.05) is 11.1 Å². The summed E-state index contributed by atoms with van der Waals surface area (Å²) in [6.07, 6.45) is 17.8. The van der Waals surface area contributed by atoms with Crippen LogP contribution in [0.3, 0.4) is 0 Å². The fourth-order valence-electron chi connectivity index (χ4n) is 8.21. The lowest BCUT2D eigenvalue weighted by molar-refractivity contribution is -0.142. The molecule has 0 aliphatic heterocycles. The van der Waals surface area contributed by atoms with E-state index in [9.17, 15) is 4.79 Å². The molecule has 0 radical (unpaired) electrons. The van der Waals surface area contributed by atoms with Crippen molar-refractivity contribution in [1.82, 2.24) is 0 Å². The SMILES string of the molecule is CC(=O)OCC(C)[C@@H](C)CC[C@@H](C)[C@H]1CC=C2C3=C(CC[C@@]21C)[C@@]1(C)CCCCC1CC3. The zero-order valence-electron chi connectivity index (χ0n) is 21.8. The number of fused-ring (bicyclic) bond motifs is 4. The smallest absolute Gasteiger partial charge is 0.302 e. The van der Waals surface area contributed by atoms with Crippen LogP contribution in [0.25, 0.3) is 0 Å². The van der Waals surface area contributed by atoms with Gasteiger partial charge in [-0.1, -0.05) is 72.0 Å². The van der Waals surface area contributed by atoms with E-state index in [2.05, 4.69) is 40.7 Å². The molecular weight excluding hydrogens is 392 g/mol. The fourth-order valence-corrected chi connectivity index (χ4v) is 8.21. The predicted octanol–water partition coefficient (Wildman–Crippen LogP) is 8.27. The standard InChI is InChI=1S/C30H48O2/c1-20(22(3)19-32-23(4)31)10-11-21(2)26-14-15-27-25-13-12-24-9-7-8-17-29(24,5)28(25)16-18-30(26,27)6/h15,20-22,24,26H,7-14,16-19H2,1-6H3/t20-,21+,22?,24?,26+,29-,30+/m0/s1. The molecule has 0 amide bonds. The molecule has 0 heterocycles. The van der Waals surface area contributed by atoms with E-state index in [1.165, 1.54) is 77.6 Å². The summed E-state index contributed by atoms with van der Waals surface area (Å²) in [5, 5.41) is 0. The molecular formula is C30H48O2. The number of rotatable bonds is 7. The average molecular weight is 441 g/mol. The quantitative estimate of drug-likeness (QED) is 0.372. The first-order valence-corrected chi connectivity index (χ1v) is 13.7. The lowest BCUT2D eigenvalue weighted by Crippen LogP contribution is -2.41. The second-order valence-corrected chi connectivity index (χ2v) is 12.5. The molecule has 0 aromatic rings. The number of hydrogen-bond donors (Lipinski definition) is 0. The second kappa shape index (κ2) is 9.30. The summed E-state index contributed by atoms with van der Waals surface area (Å²) < 4.78 is 5.26. The van der Waals surface area contributed by atoms with Crippen LogP contribution < -0.4 is 0 Å². The van der Waals surface area contributed by atoms with Crippen LogP contribution in [-0.4, -0.2) is 12.6 Å². The van der Waals surface area contributed by atoms with E-state index in [1.54, 1.807) is 5.57 Å². The molecule has 4 rings (SSSR count). The average Bonchev–Trinajstić information content (AvgIpc) is 3.12. The van der Waals surface area contributed by atoms with Gasteiger partial charge in [0.15, 0.2) is 0 Å². The van der Waals surface area contributed by atoms with Crippen LogP contribution in [0.1, 0.15) is 112 Å². The van der Waals surface area contributed by atoms with Gasteiger partial charge >= 0.3 is 5.97 Å². The molecule has 7 atom stereocenters. The Morgan fingerprint density at radius 2 is 1.81 bits per heavy atom. The van der Waals surface area contributed by atoms with Gasteiger partial charge in [0, 0.05) is 6.92 Å². The molecule has 0 aromatic carbocycles. The molecule has 0 aromatic heterocycles. The summed E-state index contributed by atoms with van der Waals surface area (Å²) in [4.78, 5) is 11.1. The van der Waals surface area contributed by atoms with E-state index in [4.69, 9.17) is 4.74 Å². The highest BCUT2D eigenvalue weighted by Gasteiger charge is 2.52. The minimum absolute atomic E-state index is 0.156. The molecule has 2 unspecified atom stereocenters. The molecule has 0 saturated heterocycles. The summed E-state index contributed by atoms with van der Waals surface area (Å²) in [6.45, 7) is 14.4. The van der Waals surface area contributed by atoms with E-state index in [-0.39, 0.29) is 5.97 Å². The van der Waals surface area contributed by atoms with E-state index < -0.39 is 0 Å². The summed E-state index contributed by atoms with van der Waals surface area (Å²) in [7, 11) is 0. The van der Waals surface area contributed by atoms with Gasteiger partial charge in [-0.15, -0.1) is 0 Å². The highest BCUT2D eigenvalue weighted by Crippen LogP contribution is 2.64. The minimum atomic E-state index is -0.156. The summed E-state index contributed by atoms with van der Waals surface area (Å²) in [6, 6.07) is 0. The number of hydrogen-bond acceptors (Lipinski definition) is 2. The molecule has 4 aliphatic rings. The largest absolute Gasteiger partial charge is 0.466 e. The number of ether oxygens (including phenoxy) is 1. The maximum Gasteiger partial charge on any atom is 0.302 e. The van der Waals surface area contributed by atoms with Gasteiger partial charge in [0.05, 0.1) is 6.61 Å². The molecule has 0 spiro atoms. The van der Waals surface area contributed by atoms with E-state index in [0.717, 1.165) is 17.8 Å². The Morgan fingerprint density at radius 1 is 1.03 bits per heavy atom. The molecule has 180 valence electrons. The molecule has 2 heteroatoms. The first-order chi connectivity index (χ1) is 15.2. The first-order valence-electron chi connectivity index (χ1n) is 13.7. The van der Waals surface area contributed by atoms with Crippen molar-refractivity contribution in [3.05, 3.63) is 22.8 Å². The molecule has 1 saturated carbocycles. The van der Waals surface area contributed by atoms with Gasteiger partial charge in [-0.2, -0.15) is 0 Å². The van der Waals surface area contributed by atoms with Crippen molar-refractivity contribution in [3.8, 4) is 0 Å². The molecule has 1 fully saturated rings. The van der Waals surface area contributed by atoms with Crippen LogP contribution in [-0.2, 0) is 9.53 Å². The van der Waals surface area contributed by atoms with Crippen molar-refractivity contribution >= 4 is 5.97 Å². The maximum atomic E-state index is 11.1. The van der Waals surface area contributed by atoms with Crippen LogP contribution in [0.4, 0.5) is 0 Å². The van der Waals surface area contributed by atoms with Crippen molar-refractivity contribution in [2.45, 2.75) is 112 Å². The molecule has 32 heavy (non-hydrogen) atoms. The second-order valence-electron chi connectivity index (χ2n) is 12.5. The maximum absolute atomic E-state index is 11.1. The summed E-state index contributed by atoms with van der Waals surface area (Å²) in [5.41, 5.74) is 6.38. The van der Waals surface area contributed by atoms with Crippen LogP contribution in [0, 0.1) is 40.4 Å². The van der Waals surface area contributed by atoms with Crippen LogP contribution >= 0.6 is 0 Å². The van der Waals surface area contributed by atoms with Crippen molar-refractivity contribution in [2.24, 2.45) is 40.4 Å². The highest BCUT2D eigenvalue weighted by molar-refractivity contribution is 5.65.